The van der Waals surface area contributed by atoms with E-state index >= 15 is 0 Å². The van der Waals surface area contributed by atoms with E-state index in [4.69, 9.17) is 16.1 Å². The number of aromatic nitrogens is 1. The quantitative estimate of drug-likeness (QED) is 0.582. The zero-order valence-corrected chi connectivity index (χ0v) is 15.9. The van der Waals surface area contributed by atoms with E-state index in [1.165, 1.54) is 5.56 Å². The highest BCUT2D eigenvalue weighted by molar-refractivity contribution is 7.98. The normalized spacial score (nSPS) is 10.7. The average Bonchev–Trinajstić information content (AvgIpc) is 3.05. The van der Waals surface area contributed by atoms with Crippen molar-refractivity contribution in [2.24, 2.45) is 0 Å². The number of hydrogen-bond acceptors (Lipinski definition) is 4. The first-order valence-electron chi connectivity index (χ1n) is 8.27. The van der Waals surface area contributed by atoms with Gasteiger partial charge < -0.3 is 9.84 Å². The topological polar surface area (TPSA) is 55.1 Å². The molecule has 1 heterocycles. The molecule has 0 bridgehead atoms. The van der Waals surface area contributed by atoms with Gasteiger partial charge >= 0.3 is 0 Å². The van der Waals surface area contributed by atoms with Crippen LogP contribution in [0.25, 0.3) is 11.3 Å². The highest BCUT2D eigenvalue weighted by atomic mass is 35.5. The molecular weight excluding hydrogens is 368 g/mol. The molecule has 2 aromatic carbocycles. The molecule has 0 fully saturated rings. The van der Waals surface area contributed by atoms with Gasteiger partial charge in [-0.15, -0.1) is 0 Å². The van der Waals surface area contributed by atoms with E-state index in [0.717, 1.165) is 22.1 Å². The third-order valence-corrected chi connectivity index (χ3v) is 5.13. The molecule has 3 rings (SSSR count). The van der Waals surface area contributed by atoms with Crippen molar-refractivity contribution in [1.29, 1.82) is 0 Å². The van der Waals surface area contributed by atoms with E-state index in [-0.39, 0.29) is 5.91 Å². The second-order valence-corrected chi connectivity index (χ2v) is 7.30. The average molecular weight is 387 g/mol. The van der Waals surface area contributed by atoms with E-state index in [2.05, 4.69) is 10.5 Å². The third-order valence-electron chi connectivity index (χ3n) is 3.85. The number of amides is 1. The van der Waals surface area contributed by atoms with Gasteiger partial charge in [0.2, 0.25) is 0 Å². The molecule has 134 valence electrons. The Hall–Kier alpha value is -2.24. The molecular formula is C20H19ClN2O2S. The van der Waals surface area contributed by atoms with Crippen LogP contribution in [0.4, 0.5) is 0 Å². The van der Waals surface area contributed by atoms with Gasteiger partial charge in [0.05, 0.1) is 0 Å². The molecule has 6 heteroatoms. The van der Waals surface area contributed by atoms with Crippen LogP contribution in [0, 0.1) is 6.92 Å². The minimum Gasteiger partial charge on any atom is -0.360 e. The Balaban J connectivity index is 1.53. The molecule has 26 heavy (non-hydrogen) atoms. The van der Waals surface area contributed by atoms with Crippen LogP contribution in [0.15, 0.2) is 59.1 Å². The van der Waals surface area contributed by atoms with Crippen LogP contribution in [0.3, 0.4) is 0 Å². The molecule has 0 aliphatic rings. The molecule has 0 atom stereocenters. The summed E-state index contributed by atoms with van der Waals surface area (Å²) in [7, 11) is 0. The largest absolute Gasteiger partial charge is 0.360 e. The number of carbonyl (C=O) groups excluding carboxylic acids is 1. The standard InChI is InChI=1S/C20H19ClN2O2S/c1-14-18(19(23-25-14)16-5-3-2-4-6-16)20(24)22-11-12-26-13-15-7-9-17(21)10-8-15/h2-10H,11-13H2,1H3,(H,22,24). The van der Waals surface area contributed by atoms with Gasteiger partial charge in [-0.3, -0.25) is 4.79 Å². The second kappa shape index (κ2) is 8.92. The lowest BCUT2D eigenvalue weighted by molar-refractivity contribution is 0.0955. The van der Waals surface area contributed by atoms with Gasteiger partial charge in [0.1, 0.15) is 17.0 Å². The van der Waals surface area contributed by atoms with Crippen molar-refractivity contribution in [3.63, 3.8) is 0 Å². The molecule has 1 aromatic heterocycles. The molecule has 4 nitrogen and oxygen atoms in total. The van der Waals surface area contributed by atoms with Crippen LogP contribution < -0.4 is 5.32 Å². The number of aryl methyl sites for hydroxylation is 1. The minimum absolute atomic E-state index is 0.158. The van der Waals surface area contributed by atoms with Crippen LogP contribution in [-0.4, -0.2) is 23.4 Å². The van der Waals surface area contributed by atoms with Gasteiger partial charge in [0, 0.05) is 28.6 Å². The van der Waals surface area contributed by atoms with Crippen LogP contribution in [0.5, 0.6) is 0 Å². The first kappa shape index (κ1) is 18.5. The summed E-state index contributed by atoms with van der Waals surface area (Å²) in [6.45, 7) is 2.33. The minimum atomic E-state index is -0.158. The van der Waals surface area contributed by atoms with E-state index in [1.807, 2.05) is 54.6 Å². The molecule has 3 aromatic rings. The number of nitrogens with one attached hydrogen (secondary N) is 1. The van der Waals surface area contributed by atoms with Crippen molar-refractivity contribution in [1.82, 2.24) is 10.5 Å². The van der Waals surface area contributed by atoms with E-state index in [0.29, 0.717) is 23.6 Å². The molecule has 0 saturated heterocycles. The number of carbonyl (C=O) groups is 1. The van der Waals surface area contributed by atoms with E-state index < -0.39 is 0 Å². The fourth-order valence-electron chi connectivity index (χ4n) is 2.53. The van der Waals surface area contributed by atoms with Gasteiger partial charge in [-0.05, 0) is 24.6 Å². The number of halogens is 1. The summed E-state index contributed by atoms with van der Waals surface area (Å²) < 4.78 is 5.24. The second-order valence-electron chi connectivity index (χ2n) is 5.76. The van der Waals surface area contributed by atoms with Crippen molar-refractivity contribution in [2.75, 3.05) is 12.3 Å². The molecule has 0 spiro atoms. The predicted octanol–water partition coefficient (Wildman–Crippen LogP) is 4.97. The van der Waals surface area contributed by atoms with Gasteiger partial charge in [0.15, 0.2) is 0 Å². The molecule has 1 amide bonds. The molecule has 1 N–H and O–H groups in total. The summed E-state index contributed by atoms with van der Waals surface area (Å²) in [6, 6.07) is 17.4. The monoisotopic (exact) mass is 386 g/mol. The lowest BCUT2D eigenvalue weighted by Crippen LogP contribution is -2.26. The number of benzene rings is 2. The SMILES string of the molecule is Cc1onc(-c2ccccc2)c1C(=O)NCCSCc1ccc(Cl)cc1. The third kappa shape index (κ3) is 4.68. The van der Waals surface area contributed by atoms with Crippen molar-refractivity contribution in [2.45, 2.75) is 12.7 Å². The Labute approximate surface area is 161 Å². The van der Waals surface area contributed by atoms with E-state index in [9.17, 15) is 4.79 Å². The smallest absolute Gasteiger partial charge is 0.257 e. The summed E-state index contributed by atoms with van der Waals surface area (Å²) >= 11 is 7.64. The molecule has 0 unspecified atom stereocenters. The summed E-state index contributed by atoms with van der Waals surface area (Å²) in [4.78, 5) is 12.6. The Morgan fingerprint density at radius 2 is 1.88 bits per heavy atom. The fraction of sp³-hybridized carbons (Fsp3) is 0.200. The number of nitrogens with zero attached hydrogens (tertiary/aromatic N) is 1. The number of thioether (sulfide) groups is 1. The Kier molecular flexibility index (Phi) is 6.36. The van der Waals surface area contributed by atoms with Crippen LogP contribution in [0.2, 0.25) is 5.02 Å². The fourth-order valence-corrected chi connectivity index (χ4v) is 3.47. The highest BCUT2D eigenvalue weighted by Gasteiger charge is 2.20. The zero-order chi connectivity index (χ0) is 18.4. The Bertz CT molecular complexity index is 863. The van der Waals surface area contributed by atoms with Crippen LogP contribution in [0.1, 0.15) is 21.7 Å². The van der Waals surface area contributed by atoms with Crippen LogP contribution in [-0.2, 0) is 5.75 Å². The maximum absolute atomic E-state index is 12.6. The molecule has 0 aliphatic carbocycles. The predicted molar refractivity (Wildman–Crippen MR) is 107 cm³/mol. The molecule has 0 saturated carbocycles. The van der Waals surface area contributed by atoms with Gasteiger partial charge in [0.25, 0.3) is 5.91 Å². The van der Waals surface area contributed by atoms with Gasteiger partial charge in [-0.25, -0.2) is 0 Å². The highest BCUT2D eigenvalue weighted by Crippen LogP contribution is 2.24. The maximum Gasteiger partial charge on any atom is 0.257 e. The van der Waals surface area contributed by atoms with Crippen molar-refractivity contribution in [3.8, 4) is 11.3 Å². The Morgan fingerprint density at radius 3 is 2.62 bits per heavy atom. The Morgan fingerprint density at radius 1 is 1.15 bits per heavy atom. The number of rotatable bonds is 7. The van der Waals surface area contributed by atoms with Gasteiger partial charge in [-0.1, -0.05) is 59.2 Å². The van der Waals surface area contributed by atoms with E-state index in [1.54, 1.807) is 18.7 Å². The first-order valence-corrected chi connectivity index (χ1v) is 9.80. The molecule has 0 radical (unpaired) electrons. The van der Waals surface area contributed by atoms with Crippen molar-refractivity contribution >= 4 is 29.3 Å². The van der Waals surface area contributed by atoms with Crippen LogP contribution >= 0.6 is 23.4 Å². The summed E-state index contributed by atoms with van der Waals surface area (Å²) in [6.07, 6.45) is 0. The zero-order valence-electron chi connectivity index (χ0n) is 14.4. The summed E-state index contributed by atoms with van der Waals surface area (Å²) in [5, 5.41) is 7.74. The lowest BCUT2D eigenvalue weighted by atomic mass is 10.1. The summed E-state index contributed by atoms with van der Waals surface area (Å²) in [5.41, 5.74) is 3.16. The number of hydrogen-bond donors (Lipinski definition) is 1. The van der Waals surface area contributed by atoms with Gasteiger partial charge in [-0.2, -0.15) is 11.8 Å². The van der Waals surface area contributed by atoms with Crippen molar-refractivity contribution < 1.29 is 9.32 Å². The first-order chi connectivity index (χ1) is 12.6. The summed E-state index contributed by atoms with van der Waals surface area (Å²) in [5.74, 6) is 2.07. The van der Waals surface area contributed by atoms with Crippen molar-refractivity contribution in [3.05, 3.63) is 76.5 Å². The maximum atomic E-state index is 12.6. The molecule has 0 aliphatic heterocycles. The lowest BCUT2D eigenvalue weighted by Gasteiger charge is -2.06.